The topological polar surface area (TPSA) is 73.2 Å². The lowest BCUT2D eigenvalue weighted by Gasteiger charge is -2.27. The minimum atomic E-state index is -0.0366. The number of fused-ring (bicyclic) bond motifs is 1. The number of aryl methyl sites for hydroxylation is 1. The van der Waals surface area contributed by atoms with Crippen LogP contribution >= 0.6 is 0 Å². The van der Waals surface area contributed by atoms with E-state index in [1.54, 1.807) is 12.1 Å². The van der Waals surface area contributed by atoms with Gasteiger partial charge in [0.2, 0.25) is 0 Å². The molecular weight excluding hydrogens is 360 g/mol. The lowest BCUT2D eigenvalue weighted by Crippen LogP contribution is -2.36. The first-order valence-electron chi connectivity index (χ1n) is 10.1. The van der Waals surface area contributed by atoms with E-state index in [0.29, 0.717) is 43.3 Å². The van der Waals surface area contributed by atoms with Gasteiger partial charge in [0.25, 0.3) is 0 Å². The number of nitrogens with one attached hydrogen (secondary N) is 1. The quantitative estimate of drug-likeness (QED) is 0.760. The van der Waals surface area contributed by atoms with Gasteiger partial charge in [-0.3, -0.25) is 4.79 Å². The zero-order chi connectivity index (χ0) is 19.3. The first kappa shape index (κ1) is 19.2. The summed E-state index contributed by atoms with van der Waals surface area (Å²) in [5.74, 6) is 1.31. The Morgan fingerprint density at radius 2 is 2.11 bits per heavy atom. The molecule has 152 valence electrons. The normalized spacial score (nSPS) is 20.5. The van der Waals surface area contributed by atoms with Crippen molar-refractivity contribution >= 4 is 16.9 Å². The zero-order valence-electron chi connectivity index (χ0n) is 16.4. The van der Waals surface area contributed by atoms with Gasteiger partial charge in [0.1, 0.15) is 17.9 Å². The maximum absolute atomic E-state index is 12.6. The van der Waals surface area contributed by atoms with E-state index in [1.807, 2.05) is 17.9 Å². The monoisotopic (exact) mass is 388 g/mol. The lowest BCUT2D eigenvalue weighted by atomic mass is 10.1. The molecule has 4 rings (SSSR count). The maximum Gasteiger partial charge on any atom is 0.200 e. The second-order valence-corrected chi connectivity index (χ2v) is 7.30. The fourth-order valence-corrected chi connectivity index (χ4v) is 3.75. The third-order valence-corrected chi connectivity index (χ3v) is 5.35. The number of nitrogens with zero attached hydrogens (tertiary/aromatic N) is 1. The molecule has 2 aliphatic heterocycles. The molecule has 7 heteroatoms. The molecule has 1 N–H and O–H groups in total. The van der Waals surface area contributed by atoms with E-state index in [2.05, 4.69) is 5.32 Å². The molecule has 28 heavy (non-hydrogen) atoms. The Bertz CT molecular complexity index is 854. The van der Waals surface area contributed by atoms with E-state index < -0.39 is 0 Å². The predicted molar refractivity (Wildman–Crippen MR) is 108 cm³/mol. The van der Waals surface area contributed by atoms with Crippen LogP contribution in [0, 0.1) is 6.92 Å². The summed E-state index contributed by atoms with van der Waals surface area (Å²) in [7, 11) is 0. The Labute approximate surface area is 164 Å². The highest BCUT2D eigenvalue weighted by molar-refractivity contribution is 5.82. The molecule has 2 fully saturated rings. The molecule has 2 aliphatic rings. The predicted octanol–water partition coefficient (Wildman–Crippen LogP) is 2.09. The van der Waals surface area contributed by atoms with Gasteiger partial charge in [-0.1, -0.05) is 0 Å². The molecule has 0 spiro atoms. The molecule has 3 heterocycles. The van der Waals surface area contributed by atoms with Crippen molar-refractivity contribution in [3.63, 3.8) is 0 Å². The summed E-state index contributed by atoms with van der Waals surface area (Å²) in [5.41, 5.74) is 1.39. The second kappa shape index (κ2) is 8.94. The van der Waals surface area contributed by atoms with Crippen molar-refractivity contribution in [2.75, 3.05) is 57.5 Å². The molecule has 0 amide bonds. The Morgan fingerprint density at radius 3 is 2.89 bits per heavy atom. The number of piperidine rings is 1. The highest BCUT2D eigenvalue weighted by atomic mass is 16.5. The second-order valence-electron chi connectivity index (χ2n) is 7.30. The van der Waals surface area contributed by atoms with E-state index >= 15 is 0 Å². The number of benzene rings is 1. The summed E-state index contributed by atoms with van der Waals surface area (Å²) in [6.45, 7) is 7.64. The molecule has 0 radical (unpaired) electrons. The average Bonchev–Trinajstić information content (AvgIpc) is 2.74. The molecule has 0 aliphatic carbocycles. The highest BCUT2D eigenvalue weighted by Crippen LogP contribution is 2.29. The molecular formula is C21H28N2O5. The van der Waals surface area contributed by atoms with Gasteiger partial charge in [-0.25, -0.2) is 0 Å². The van der Waals surface area contributed by atoms with Crippen LogP contribution in [0.15, 0.2) is 27.4 Å². The Hall–Kier alpha value is -2.09. The van der Waals surface area contributed by atoms with Crippen molar-refractivity contribution in [1.29, 1.82) is 0 Å². The van der Waals surface area contributed by atoms with Crippen molar-refractivity contribution in [3.8, 4) is 5.75 Å². The van der Waals surface area contributed by atoms with Gasteiger partial charge in [0.15, 0.2) is 11.3 Å². The van der Waals surface area contributed by atoms with Crippen LogP contribution in [0.25, 0.3) is 11.0 Å². The number of hydrogen-bond donors (Lipinski definition) is 1. The van der Waals surface area contributed by atoms with Crippen LogP contribution in [0.5, 0.6) is 5.75 Å². The average molecular weight is 388 g/mol. The van der Waals surface area contributed by atoms with Gasteiger partial charge in [-0.05, 0) is 38.4 Å². The number of rotatable bonds is 6. The van der Waals surface area contributed by atoms with Crippen molar-refractivity contribution in [3.05, 3.63) is 34.0 Å². The van der Waals surface area contributed by atoms with Crippen molar-refractivity contribution in [2.45, 2.75) is 25.9 Å². The van der Waals surface area contributed by atoms with Gasteiger partial charge >= 0.3 is 0 Å². The largest absolute Gasteiger partial charge is 0.491 e. The minimum absolute atomic E-state index is 0.0366. The fraction of sp³-hybridized carbons (Fsp3) is 0.571. The summed E-state index contributed by atoms with van der Waals surface area (Å²) in [6.07, 6.45) is 2.52. The molecule has 0 saturated carbocycles. The van der Waals surface area contributed by atoms with Gasteiger partial charge in [0.05, 0.1) is 31.3 Å². The van der Waals surface area contributed by atoms with Gasteiger partial charge in [-0.15, -0.1) is 0 Å². The number of anilines is 1. The zero-order valence-corrected chi connectivity index (χ0v) is 16.4. The van der Waals surface area contributed by atoms with Crippen LogP contribution in [0.3, 0.4) is 0 Å². The Morgan fingerprint density at radius 1 is 1.25 bits per heavy atom. The first-order valence-corrected chi connectivity index (χ1v) is 10.1. The number of morpholine rings is 1. The molecule has 1 aromatic heterocycles. The smallest absolute Gasteiger partial charge is 0.200 e. The van der Waals surface area contributed by atoms with Crippen molar-refractivity contribution in [1.82, 2.24) is 5.32 Å². The van der Waals surface area contributed by atoms with Crippen LogP contribution in [0.4, 0.5) is 5.88 Å². The standard InChI is InChI=1S/C21H28N2O5/c1-15-19(27-12-11-26-16-3-2-6-22-14-16)5-4-17-18(24)13-20(28-21(15)17)23-7-9-25-10-8-23/h4-5,13,16,22H,2-3,6-12,14H2,1H3. The third kappa shape index (κ3) is 4.32. The molecule has 0 bridgehead atoms. The summed E-state index contributed by atoms with van der Waals surface area (Å²) in [6, 6.07) is 5.18. The maximum atomic E-state index is 12.6. The van der Waals surface area contributed by atoms with Crippen LogP contribution in [-0.2, 0) is 9.47 Å². The molecule has 1 unspecified atom stereocenters. The van der Waals surface area contributed by atoms with E-state index in [-0.39, 0.29) is 11.5 Å². The van der Waals surface area contributed by atoms with E-state index in [9.17, 15) is 4.79 Å². The Kier molecular flexibility index (Phi) is 6.14. The molecule has 7 nitrogen and oxygen atoms in total. The lowest BCUT2D eigenvalue weighted by molar-refractivity contribution is 0.0204. The third-order valence-electron chi connectivity index (χ3n) is 5.35. The summed E-state index contributed by atoms with van der Waals surface area (Å²) in [5, 5.41) is 3.92. The van der Waals surface area contributed by atoms with E-state index in [0.717, 1.165) is 50.3 Å². The van der Waals surface area contributed by atoms with Crippen LogP contribution in [0.1, 0.15) is 18.4 Å². The van der Waals surface area contributed by atoms with Crippen LogP contribution in [-0.4, -0.2) is 58.7 Å². The minimum Gasteiger partial charge on any atom is -0.491 e. The summed E-state index contributed by atoms with van der Waals surface area (Å²) in [4.78, 5) is 14.6. The molecule has 2 saturated heterocycles. The van der Waals surface area contributed by atoms with E-state index in [1.165, 1.54) is 0 Å². The van der Waals surface area contributed by atoms with Crippen LogP contribution in [0.2, 0.25) is 0 Å². The summed E-state index contributed by atoms with van der Waals surface area (Å²) >= 11 is 0. The molecule has 1 aromatic carbocycles. The molecule has 2 aromatic rings. The highest BCUT2D eigenvalue weighted by Gasteiger charge is 2.18. The summed E-state index contributed by atoms with van der Waals surface area (Å²) < 4.78 is 23.3. The first-order chi connectivity index (χ1) is 13.7. The van der Waals surface area contributed by atoms with Crippen molar-refractivity contribution < 1.29 is 18.6 Å². The van der Waals surface area contributed by atoms with E-state index in [4.69, 9.17) is 18.6 Å². The van der Waals surface area contributed by atoms with Crippen LogP contribution < -0.4 is 20.4 Å². The van der Waals surface area contributed by atoms with Crippen molar-refractivity contribution in [2.24, 2.45) is 0 Å². The number of hydrogen-bond acceptors (Lipinski definition) is 7. The SMILES string of the molecule is Cc1c(OCCOC2CCCNC2)ccc2c(=O)cc(N3CCOCC3)oc12. The number of ether oxygens (including phenoxy) is 3. The van der Waals surface area contributed by atoms with Gasteiger partial charge in [-0.2, -0.15) is 0 Å². The van der Waals surface area contributed by atoms with Gasteiger partial charge in [0, 0.05) is 31.3 Å². The fourth-order valence-electron chi connectivity index (χ4n) is 3.75. The Balaban J connectivity index is 1.46. The van der Waals surface area contributed by atoms with Gasteiger partial charge < -0.3 is 28.8 Å². The molecule has 1 atom stereocenters.